The van der Waals surface area contributed by atoms with Crippen LogP contribution in [0.5, 0.6) is 0 Å². The highest BCUT2D eigenvalue weighted by Gasteiger charge is 2.24. The lowest BCUT2D eigenvalue weighted by molar-refractivity contribution is 0.0622. The second-order valence-electron chi connectivity index (χ2n) is 7.90. The van der Waals surface area contributed by atoms with E-state index in [0.29, 0.717) is 12.5 Å². The van der Waals surface area contributed by atoms with Gasteiger partial charge in [-0.3, -0.25) is 4.79 Å². The molecule has 3 heteroatoms. The van der Waals surface area contributed by atoms with Crippen molar-refractivity contribution in [2.45, 2.75) is 46.8 Å². The van der Waals surface area contributed by atoms with Gasteiger partial charge >= 0.3 is 0 Å². The molecule has 0 aliphatic rings. The summed E-state index contributed by atoms with van der Waals surface area (Å²) in [6.45, 7) is 9.93. The van der Waals surface area contributed by atoms with Gasteiger partial charge in [-0.2, -0.15) is 0 Å². The monoisotopic (exact) mass is 374 g/mol. The third kappa shape index (κ3) is 4.72. The van der Waals surface area contributed by atoms with Crippen LogP contribution in [0.3, 0.4) is 0 Å². The van der Waals surface area contributed by atoms with Crippen molar-refractivity contribution in [3.63, 3.8) is 0 Å². The van der Waals surface area contributed by atoms with Crippen molar-refractivity contribution in [1.29, 1.82) is 0 Å². The van der Waals surface area contributed by atoms with Crippen molar-refractivity contribution >= 4 is 5.91 Å². The molecule has 0 aliphatic heterocycles. The number of nitrogens with zero attached hydrogens (tertiary/aromatic N) is 2. The SMILES string of the molecule is Cc1ccc(C(=O)N(Cc2cccn2Cc2ccccc2)C(C)C(C)C)cc1. The molecule has 0 saturated heterocycles. The Labute approximate surface area is 168 Å². The zero-order valence-electron chi connectivity index (χ0n) is 17.3. The van der Waals surface area contributed by atoms with Crippen LogP contribution in [0.25, 0.3) is 0 Å². The van der Waals surface area contributed by atoms with E-state index in [9.17, 15) is 4.79 Å². The van der Waals surface area contributed by atoms with E-state index in [2.05, 4.69) is 67.9 Å². The molecule has 1 unspecified atom stereocenters. The van der Waals surface area contributed by atoms with Crippen molar-refractivity contribution < 1.29 is 4.79 Å². The predicted molar refractivity (Wildman–Crippen MR) is 115 cm³/mol. The molecule has 28 heavy (non-hydrogen) atoms. The summed E-state index contributed by atoms with van der Waals surface area (Å²) in [6, 6.07) is 22.6. The molecule has 1 aromatic heterocycles. The maximum atomic E-state index is 13.3. The van der Waals surface area contributed by atoms with Crippen LogP contribution in [0.4, 0.5) is 0 Å². The lowest BCUT2D eigenvalue weighted by atomic mass is 10.0. The Morgan fingerprint density at radius 3 is 2.25 bits per heavy atom. The van der Waals surface area contributed by atoms with Crippen molar-refractivity contribution in [2.24, 2.45) is 5.92 Å². The van der Waals surface area contributed by atoms with Gasteiger partial charge in [-0.1, -0.05) is 61.9 Å². The smallest absolute Gasteiger partial charge is 0.254 e. The number of hydrogen-bond acceptors (Lipinski definition) is 1. The first-order valence-corrected chi connectivity index (χ1v) is 10.0. The topological polar surface area (TPSA) is 25.2 Å². The lowest BCUT2D eigenvalue weighted by Gasteiger charge is -2.32. The summed E-state index contributed by atoms with van der Waals surface area (Å²) in [4.78, 5) is 15.3. The molecule has 3 aromatic rings. The zero-order valence-corrected chi connectivity index (χ0v) is 17.3. The van der Waals surface area contributed by atoms with Gasteiger partial charge in [0.15, 0.2) is 0 Å². The number of aryl methyl sites for hydroxylation is 1. The van der Waals surface area contributed by atoms with Crippen molar-refractivity contribution in [2.75, 3.05) is 0 Å². The van der Waals surface area contributed by atoms with E-state index in [0.717, 1.165) is 23.4 Å². The number of carbonyl (C=O) groups is 1. The van der Waals surface area contributed by atoms with Crippen molar-refractivity contribution in [3.8, 4) is 0 Å². The van der Waals surface area contributed by atoms with Gasteiger partial charge in [-0.15, -0.1) is 0 Å². The fourth-order valence-electron chi connectivity index (χ4n) is 3.32. The fourth-order valence-corrected chi connectivity index (χ4v) is 3.32. The van der Waals surface area contributed by atoms with Gasteiger partial charge in [0.2, 0.25) is 0 Å². The van der Waals surface area contributed by atoms with Crippen LogP contribution in [-0.4, -0.2) is 21.4 Å². The van der Waals surface area contributed by atoms with E-state index in [1.165, 1.54) is 5.56 Å². The first-order valence-electron chi connectivity index (χ1n) is 10.0. The Morgan fingerprint density at radius 2 is 1.61 bits per heavy atom. The summed E-state index contributed by atoms with van der Waals surface area (Å²) in [6.07, 6.45) is 2.09. The van der Waals surface area contributed by atoms with E-state index in [1.54, 1.807) is 0 Å². The van der Waals surface area contributed by atoms with Gasteiger partial charge in [0.1, 0.15) is 0 Å². The first-order chi connectivity index (χ1) is 13.5. The molecule has 3 rings (SSSR count). The van der Waals surface area contributed by atoms with Gasteiger partial charge < -0.3 is 9.47 Å². The number of benzene rings is 2. The average molecular weight is 375 g/mol. The Kier molecular flexibility index (Phi) is 6.35. The molecule has 0 saturated carbocycles. The number of amides is 1. The van der Waals surface area contributed by atoms with Crippen molar-refractivity contribution in [1.82, 2.24) is 9.47 Å². The van der Waals surface area contributed by atoms with E-state index >= 15 is 0 Å². The van der Waals surface area contributed by atoms with Crippen LogP contribution in [-0.2, 0) is 13.1 Å². The second kappa shape index (κ2) is 8.92. The minimum Gasteiger partial charge on any atom is -0.345 e. The third-order valence-electron chi connectivity index (χ3n) is 5.47. The van der Waals surface area contributed by atoms with E-state index in [-0.39, 0.29) is 11.9 Å². The molecule has 146 valence electrons. The van der Waals surface area contributed by atoms with Crippen LogP contribution in [0.2, 0.25) is 0 Å². The number of carbonyl (C=O) groups excluding carboxylic acids is 1. The average Bonchev–Trinajstić information content (AvgIpc) is 3.13. The van der Waals surface area contributed by atoms with Gasteiger partial charge in [0.05, 0.1) is 6.54 Å². The maximum Gasteiger partial charge on any atom is 0.254 e. The molecule has 0 fully saturated rings. The van der Waals surface area contributed by atoms with Crippen molar-refractivity contribution in [3.05, 3.63) is 95.3 Å². The molecule has 0 aliphatic carbocycles. The fraction of sp³-hybridized carbons (Fsp3) is 0.320. The first kappa shape index (κ1) is 19.9. The Balaban J connectivity index is 1.85. The van der Waals surface area contributed by atoms with Gasteiger partial charge in [0, 0.05) is 30.0 Å². The molecule has 1 heterocycles. The summed E-state index contributed by atoms with van der Waals surface area (Å²) in [7, 11) is 0. The van der Waals surface area contributed by atoms with E-state index in [1.807, 2.05) is 42.2 Å². The molecule has 1 atom stereocenters. The zero-order chi connectivity index (χ0) is 20.1. The Bertz CT molecular complexity index is 894. The van der Waals surface area contributed by atoms with Crippen LogP contribution < -0.4 is 0 Å². The molecule has 1 amide bonds. The molecule has 0 radical (unpaired) electrons. The molecular formula is C25H30N2O. The molecule has 0 spiro atoms. The van der Waals surface area contributed by atoms with Gasteiger partial charge in [-0.25, -0.2) is 0 Å². The lowest BCUT2D eigenvalue weighted by Crippen LogP contribution is -2.41. The second-order valence-corrected chi connectivity index (χ2v) is 7.90. The molecule has 3 nitrogen and oxygen atoms in total. The summed E-state index contributed by atoms with van der Waals surface area (Å²) < 4.78 is 2.23. The summed E-state index contributed by atoms with van der Waals surface area (Å²) >= 11 is 0. The Hall–Kier alpha value is -2.81. The summed E-state index contributed by atoms with van der Waals surface area (Å²) in [5.74, 6) is 0.473. The van der Waals surface area contributed by atoms with Crippen LogP contribution in [0.1, 0.15) is 48.0 Å². The number of hydrogen-bond donors (Lipinski definition) is 0. The number of aromatic nitrogens is 1. The minimum absolute atomic E-state index is 0.0914. The minimum atomic E-state index is 0.0914. The Morgan fingerprint density at radius 1 is 0.929 bits per heavy atom. The van der Waals surface area contributed by atoms with Crippen LogP contribution in [0.15, 0.2) is 72.9 Å². The van der Waals surface area contributed by atoms with E-state index < -0.39 is 0 Å². The van der Waals surface area contributed by atoms with Crippen LogP contribution in [0, 0.1) is 12.8 Å². The standard InChI is InChI=1S/C25H30N2O/c1-19(2)21(4)27(25(28)23-14-12-20(3)13-15-23)18-24-11-8-16-26(24)17-22-9-6-5-7-10-22/h5-16,19,21H,17-18H2,1-4H3. The normalized spacial score (nSPS) is 12.2. The predicted octanol–water partition coefficient (Wildman–Crippen LogP) is 5.53. The third-order valence-corrected chi connectivity index (χ3v) is 5.47. The van der Waals surface area contributed by atoms with Crippen LogP contribution >= 0.6 is 0 Å². The highest BCUT2D eigenvalue weighted by molar-refractivity contribution is 5.94. The van der Waals surface area contributed by atoms with Gasteiger partial charge in [0.25, 0.3) is 5.91 Å². The van der Waals surface area contributed by atoms with Gasteiger partial charge in [-0.05, 0) is 49.6 Å². The summed E-state index contributed by atoms with van der Waals surface area (Å²) in [5, 5.41) is 0. The molecule has 0 bridgehead atoms. The molecular weight excluding hydrogens is 344 g/mol. The maximum absolute atomic E-state index is 13.3. The highest BCUT2D eigenvalue weighted by atomic mass is 16.2. The largest absolute Gasteiger partial charge is 0.345 e. The summed E-state index contributed by atoms with van der Waals surface area (Å²) in [5.41, 5.74) is 4.32. The highest BCUT2D eigenvalue weighted by Crippen LogP contribution is 2.19. The quantitative estimate of drug-likeness (QED) is 0.534. The van der Waals surface area contributed by atoms with E-state index in [4.69, 9.17) is 0 Å². The molecule has 0 N–H and O–H groups in total. The molecule has 2 aromatic carbocycles. The number of rotatable bonds is 7.